The number of nitrogens with two attached hydrogens (primary N) is 1. The van der Waals surface area contributed by atoms with Crippen LogP contribution in [0.15, 0.2) is 30.5 Å². The molecule has 2 aliphatic heterocycles. The van der Waals surface area contributed by atoms with Crippen LogP contribution in [-0.4, -0.2) is 23.1 Å². The number of benzene rings is 1. The Labute approximate surface area is 124 Å². The maximum atomic E-state index is 9.51. The van der Waals surface area contributed by atoms with Gasteiger partial charge in [-0.3, -0.25) is 4.98 Å². The SMILES string of the molecule is N#Cc1cnc2ccccc2c1N1C2CCC1CC(N)C2. The van der Waals surface area contributed by atoms with E-state index in [0.29, 0.717) is 23.7 Å². The normalized spacial score (nSPS) is 27.8. The number of pyridine rings is 1. The summed E-state index contributed by atoms with van der Waals surface area (Å²) in [6.07, 6.45) is 6.13. The van der Waals surface area contributed by atoms with Gasteiger partial charge in [-0.05, 0) is 31.7 Å². The molecule has 1 aromatic carbocycles. The second kappa shape index (κ2) is 4.71. The molecule has 2 N–H and O–H groups in total. The van der Waals surface area contributed by atoms with E-state index in [-0.39, 0.29) is 0 Å². The highest BCUT2D eigenvalue weighted by molar-refractivity contribution is 5.95. The highest BCUT2D eigenvalue weighted by atomic mass is 15.2. The summed E-state index contributed by atoms with van der Waals surface area (Å²) in [5.41, 5.74) is 8.89. The van der Waals surface area contributed by atoms with Crippen molar-refractivity contribution in [3.8, 4) is 6.07 Å². The first-order valence-corrected chi connectivity index (χ1v) is 7.59. The Morgan fingerprint density at radius 2 is 1.90 bits per heavy atom. The minimum Gasteiger partial charge on any atom is -0.364 e. The van der Waals surface area contributed by atoms with Crippen molar-refractivity contribution in [3.63, 3.8) is 0 Å². The van der Waals surface area contributed by atoms with Crippen LogP contribution < -0.4 is 10.6 Å². The van der Waals surface area contributed by atoms with Gasteiger partial charge in [0.25, 0.3) is 0 Å². The van der Waals surface area contributed by atoms with Crippen LogP contribution in [0.1, 0.15) is 31.2 Å². The fourth-order valence-electron chi connectivity index (χ4n) is 4.07. The smallest absolute Gasteiger partial charge is 0.103 e. The molecule has 0 radical (unpaired) electrons. The lowest BCUT2D eigenvalue weighted by Gasteiger charge is -2.40. The Kier molecular flexibility index (Phi) is 2.83. The van der Waals surface area contributed by atoms with Gasteiger partial charge in [0.2, 0.25) is 0 Å². The van der Waals surface area contributed by atoms with Crippen molar-refractivity contribution in [2.24, 2.45) is 5.73 Å². The molecule has 3 heterocycles. The molecule has 2 atom stereocenters. The molecular weight excluding hydrogens is 260 g/mol. The van der Waals surface area contributed by atoms with E-state index in [2.05, 4.69) is 22.0 Å². The molecule has 4 heteroatoms. The molecule has 2 fully saturated rings. The zero-order valence-corrected chi connectivity index (χ0v) is 11.9. The zero-order chi connectivity index (χ0) is 14.4. The van der Waals surface area contributed by atoms with Crippen molar-refractivity contribution in [1.82, 2.24) is 4.98 Å². The first-order chi connectivity index (χ1) is 10.3. The molecule has 2 aromatic rings. The highest BCUT2D eigenvalue weighted by Crippen LogP contribution is 2.42. The standard InChI is InChI=1S/C17H18N4/c18-9-11-10-20-16-4-2-1-3-15(16)17(11)21-13-5-6-14(21)8-12(19)7-13/h1-4,10,12-14H,5-8,19H2. The van der Waals surface area contributed by atoms with E-state index in [9.17, 15) is 5.26 Å². The molecule has 0 saturated carbocycles. The minimum absolute atomic E-state index is 0.303. The number of aromatic nitrogens is 1. The Hall–Kier alpha value is -2.12. The summed E-state index contributed by atoms with van der Waals surface area (Å²) in [6, 6.07) is 11.7. The predicted molar refractivity (Wildman–Crippen MR) is 83.0 cm³/mol. The maximum Gasteiger partial charge on any atom is 0.103 e. The van der Waals surface area contributed by atoms with Gasteiger partial charge < -0.3 is 10.6 Å². The van der Waals surface area contributed by atoms with Gasteiger partial charge in [0, 0.05) is 29.7 Å². The summed E-state index contributed by atoms with van der Waals surface area (Å²) in [4.78, 5) is 6.88. The van der Waals surface area contributed by atoms with E-state index in [1.54, 1.807) is 6.20 Å². The van der Waals surface area contributed by atoms with E-state index in [4.69, 9.17) is 5.73 Å². The van der Waals surface area contributed by atoms with Crippen LogP contribution in [0.4, 0.5) is 5.69 Å². The van der Waals surface area contributed by atoms with Crippen LogP contribution in [0.3, 0.4) is 0 Å². The van der Waals surface area contributed by atoms with Gasteiger partial charge in [-0.15, -0.1) is 0 Å². The average Bonchev–Trinajstić information content (AvgIpc) is 2.77. The van der Waals surface area contributed by atoms with Crippen molar-refractivity contribution in [1.29, 1.82) is 5.26 Å². The number of hydrogen-bond donors (Lipinski definition) is 1. The number of para-hydroxylation sites is 1. The number of anilines is 1. The van der Waals surface area contributed by atoms with E-state index in [1.165, 1.54) is 12.8 Å². The number of nitrogens with zero attached hydrogens (tertiary/aromatic N) is 3. The second-order valence-electron chi connectivity index (χ2n) is 6.17. The first kappa shape index (κ1) is 12.6. The Balaban J connectivity index is 1.92. The third-order valence-corrected chi connectivity index (χ3v) is 4.90. The van der Waals surface area contributed by atoms with Crippen molar-refractivity contribution in [2.45, 2.75) is 43.8 Å². The molecule has 4 rings (SSSR count). The number of piperidine rings is 1. The molecule has 2 unspecified atom stereocenters. The minimum atomic E-state index is 0.303. The quantitative estimate of drug-likeness (QED) is 0.870. The summed E-state index contributed by atoms with van der Waals surface area (Å²) in [7, 11) is 0. The van der Waals surface area contributed by atoms with Crippen molar-refractivity contribution < 1.29 is 0 Å². The van der Waals surface area contributed by atoms with E-state index in [0.717, 1.165) is 29.4 Å². The third kappa shape index (κ3) is 1.89. The number of fused-ring (bicyclic) bond motifs is 3. The predicted octanol–water partition coefficient (Wildman–Crippen LogP) is 2.56. The molecule has 0 spiro atoms. The Morgan fingerprint density at radius 1 is 1.19 bits per heavy atom. The first-order valence-electron chi connectivity index (χ1n) is 7.59. The highest BCUT2D eigenvalue weighted by Gasteiger charge is 2.41. The molecular formula is C17H18N4. The Morgan fingerprint density at radius 3 is 2.62 bits per heavy atom. The number of nitriles is 1. The van der Waals surface area contributed by atoms with Crippen LogP contribution in [-0.2, 0) is 0 Å². The summed E-state index contributed by atoms with van der Waals surface area (Å²) >= 11 is 0. The molecule has 4 nitrogen and oxygen atoms in total. The summed E-state index contributed by atoms with van der Waals surface area (Å²) in [5.74, 6) is 0. The van der Waals surface area contributed by atoms with Gasteiger partial charge >= 0.3 is 0 Å². The van der Waals surface area contributed by atoms with E-state index >= 15 is 0 Å². The molecule has 21 heavy (non-hydrogen) atoms. The van der Waals surface area contributed by atoms with Crippen LogP contribution in [0.25, 0.3) is 10.9 Å². The van der Waals surface area contributed by atoms with Crippen LogP contribution in [0, 0.1) is 11.3 Å². The maximum absolute atomic E-state index is 9.51. The van der Waals surface area contributed by atoms with Gasteiger partial charge in [0.1, 0.15) is 6.07 Å². The van der Waals surface area contributed by atoms with Crippen molar-refractivity contribution >= 4 is 16.6 Å². The summed E-state index contributed by atoms with van der Waals surface area (Å²) in [5, 5.41) is 10.6. The summed E-state index contributed by atoms with van der Waals surface area (Å²) in [6.45, 7) is 0. The fourth-order valence-corrected chi connectivity index (χ4v) is 4.07. The topological polar surface area (TPSA) is 65.9 Å². The zero-order valence-electron chi connectivity index (χ0n) is 11.9. The molecule has 106 valence electrons. The van der Waals surface area contributed by atoms with E-state index < -0.39 is 0 Å². The molecule has 0 amide bonds. The molecule has 2 aliphatic rings. The lowest BCUT2D eigenvalue weighted by Crippen LogP contribution is -2.47. The number of hydrogen-bond acceptors (Lipinski definition) is 4. The molecule has 0 aliphatic carbocycles. The van der Waals surface area contributed by atoms with Crippen molar-refractivity contribution in [2.75, 3.05) is 4.90 Å². The fraction of sp³-hybridized carbons (Fsp3) is 0.412. The molecule has 2 saturated heterocycles. The van der Waals surface area contributed by atoms with Crippen LogP contribution in [0.5, 0.6) is 0 Å². The van der Waals surface area contributed by atoms with Gasteiger partial charge in [0.05, 0.1) is 16.8 Å². The third-order valence-electron chi connectivity index (χ3n) is 4.90. The van der Waals surface area contributed by atoms with Gasteiger partial charge in [-0.2, -0.15) is 5.26 Å². The number of rotatable bonds is 1. The lowest BCUT2D eigenvalue weighted by molar-refractivity contribution is 0.415. The Bertz CT molecular complexity index is 719. The summed E-state index contributed by atoms with van der Waals surface area (Å²) < 4.78 is 0. The van der Waals surface area contributed by atoms with Crippen molar-refractivity contribution in [3.05, 3.63) is 36.0 Å². The molecule has 1 aromatic heterocycles. The van der Waals surface area contributed by atoms with E-state index in [1.807, 2.05) is 18.2 Å². The molecule has 2 bridgehead atoms. The average molecular weight is 278 g/mol. The van der Waals surface area contributed by atoms with Gasteiger partial charge in [0.15, 0.2) is 0 Å². The monoisotopic (exact) mass is 278 g/mol. The van der Waals surface area contributed by atoms with Crippen LogP contribution >= 0.6 is 0 Å². The van der Waals surface area contributed by atoms with Crippen LogP contribution in [0.2, 0.25) is 0 Å². The van der Waals surface area contributed by atoms with Gasteiger partial charge in [-0.25, -0.2) is 0 Å². The second-order valence-corrected chi connectivity index (χ2v) is 6.17. The largest absolute Gasteiger partial charge is 0.364 e. The van der Waals surface area contributed by atoms with Gasteiger partial charge in [-0.1, -0.05) is 18.2 Å². The lowest BCUT2D eigenvalue weighted by atomic mass is 9.95.